The van der Waals surface area contributed by atoms with Gasteiger partial charge in [-0.2, -0.15) is 0 Å². The second-order valence-electron chi connectivity index (χ2n) is 5.39. The van der Waals surface area contributed by atoms with Gasteiger partial charge in [-0.1, -0.05) is 0 Å². The Morgan fingerprint density at radius 3 is 1.00 bits per heavy atom. The topological polar surface area (TPSA) is 71.1 Å². The number of hydrogen-bond acceptors (Lipinski definition) is 6. The second-order valence-corrected chi connectivity index (χ2v) is 11.5. The first-order chi connectivity index (χ1) is 12.8. The van der Waals surface area contributed by atoms with Crippen LogP contribution in [0.3, 0.4) is 0 Å². The van der Waals surface area contributed by atoms with Crippen molar-refractivity contribution in [2.45, 2.75) is 0 Å². The Hall–Kier alpha value is 2.04. The lowest BCUT2D eigenvalue weighted by Crippen LogP contribution is -2.35. The van der Waals surface area contributed by atoms with Gasteiger partial charge in [-0.3, -0.25) is 9.13 Å². The fourth-order valence-corrected chi connectivity index (χ4v) is 8.44. The molecule has 0 aliphatic heterocycles. The van der Waals surface area contributed by atoms with Crippen LogP contribution in [0.15, 0.2) is 0 Å². The lowest BCUT2D eigenvalue weighted by Gasteiger charge is -2.34. The fourth-order valence-electron chi connectivity index (χ4n) is 2.03. The smallest absolute Gasteiger partial charge is 0.307 e. The standard InChI is InChI=1S/C13H24Cl6O6P2/c14-1-5-22-26(20,23-6-2-15)11-13(9-18,10-19)12-27(21,24-7-3-16)25-8-4-17/h1-12H2. The Bertz CT molecular complexity index is 420. The van der Waals surface area contributed by atoms with Crippen LogP contribution in [0.25, 0.3) is 0 Å². The van der Waals surface area contributed by atoms with Crippen LogP contribution in [-0.2, 0) is 27.2 Å². The van der Waals surface area contributed by atoms with Gasteiger partial charge in [0, 0.05) is 40.7 Å². The molecular formula is C13H24Cl6O6P2. The third kappa shape index (κ3) is 11.9. The summed E-state index contributed by atoms with van der Waals surface area (Å²) in [6.07, 6.45) is -0.418. The highest BCUT2D eigenvalue weighted by atomic mass is 35.5. The van der Waals surface area contributed by atoms with Crippen molar-refractivity contribution in [2.24, 2.45) is 5.41 Å². The molecule has 0 aliphatic carbocycles. The quantitative estimate of drug-likeness (QED) is 0.157. The van der Waals surface area contributed by atoms with Gasteiger partial charge in [0.05, 0.1) is 38.8 Å². The third-order valence-electron chi connectivity index (χ3n) is 3.09. The molecule has 0 N–H and O–H groups in total. The summed E-state index contributed by atoms with van der Waals surface area (Å²) in [5, 5.41) is 0. The molecule has 164 valence electrons. The van der Waals surface area contributed by atoms with E-state index in [1.807, 2.05) is 0 Å². The lowest BCUT2D eigenvalue weighted by atomic mass is 9.99. The molecule has 27 heavy (non-hydrogen) atoms. The van der Waals surface area contributed by atoms with Crippen LogP contribution in [0, 0.1) is 5.41 Å². The highest BCUT2D eigenvalue weighted by Crippen LogP contribution is 2.59. The molecule has 0 radical (unpaired) electrons. The molecule has 0 aliphatic rings. The number of alkyl halides is 6. The van der Waals surface area contributed by atoms with Gasteiger partial charge in [0.1, 0.15) is 0 Å². The first-order valence-electron chi connectivity index (χ1n) is 7.90. The van der Waals surface area contributed by atoms with E-state index in [1.165, 1.54) is 0 Å². The predicted octanol–water partition coefficient (Wildman–Crippen LogP) is 5.86. The maximum absolute atomic E-state index is 13.1. The van der Waals surface area contributed by atoms with E-state index < -0.39 is 20.6 Å². The van der Waals surface area contributed by atoms with E-state index in [2.05, 4.69) is 0 Å². The van der Waals surface area contributed by atoms with E-state index in [0.29, 0.717) is 0 Å². The van der Waals surface area contributed by atoms with E-state index in [1.54, 1.807) is 0 Å². The summed E-state index contributed by atoms with van der Waals surface area (Å²) < 4.78 is 47.5. The van der Waals surface area contributed by atoms with Crippen molar-refractivity contribution in [1.82, 2.24) is 0 Å². The van der Waals surface area contributed by atoms with Gasteiger partial charge in [-0.25, -0.2) is 0 Å². The summed E-state index contributed by atoms with van der Waals surface area (Å²) in [5.41, 5.74) is -1.12. The van der Waals surface area contributed by atoms with Crippen LogP contribution in [0.2, 0.25) is 0 Å². The third-order valence-corrected chi connectivity index (χ3v) is 9.26. The molecule has 6 nitrogen and oxygen atoms in total. The zero-order chi connectivity index (χ0) is 20.8. The predicted molar refractivity (Wildman–Crippen MR) is 116 cm³/mol. The molecule has 0 aromatic heterocycles. The van der Waals surface area contributed by atoms with Gasteiger partial charge in [0.2, 0.25) is 0 Å². The van der Waals surface area contributed by atoms with Crippen molar-refractivity contribution < 1.29 is 27.2 Å². The van der Waals surface area contributed by atoms with Crippen molar-refractivity contribution >= 4 is 84.8 Å². The van der Waals surface area contributed by atoms with Crippen LogP contribution in [-0.4, -0.2) is 74.0 Å². The van der Waals surface area contributed by atoms with Gasteiger partial charge in [-0.15, -0.1) is 69.6 Å². The van der Waals surface area contributed by atoms with E-state index in [0.717, 1.165) is 0 Å². The van der Waals surface area contributed by atoms with Crippen molar-refractivity contribution in [1.29, 1.82) is 0 Å². The monoisotopic (exact) mass is 548 g/mol. The van der Waals surface area contributed by atoms with Crippen LogP contribution in [0.1, 0.15) is 0 Å². The summed E-state index contributed by atoms with van der Waals surface area (Å²) in [4.78, 5) is 0. The minimum Gasteiger partial charge on any atom is -0.307 e. The number of halogens is 6. The van der Waals surface area contributed by atoms with E-state index >= 15 is 0 Å². The Morgan fingerprint density at radius 2 is 0.815 bits per heavy atom. The maximum Gasteiger partial charge on any atom is 0.331 e. The summed E-state index contributed by atoms with van der Waals surface area (Å²) >= 11 is 34.7. The molecule has 0 saturated heterocycles. The minimum atomic E-state index is -3.67. The largest absolute Gasteiger partial charge is 0.331 e. The van der Waals surface area contributed by atoms with Crippen LogP contribution < -0.4 is 0 Å². The van der Waals surface area contributed by atoms with E-state index in [9.17, 15) is 9.13 Å². The molecule has 0 amide bonds. The number of hydrogen-bond donors (Lipinski definition) is 0. The Morgan fingerprint density at radius 1 is 0.556 bits per heavy atom. The van der Waals surface area contributed by atoms with Crippen molar-refractivity contribution in [3.8, 4) is 0 Å². The van der Waals surface area contributed by atoms with Crippen LogP contribution in [0.4, 0.5) is 0 Å². The lowest BCUT2D eigenvalue weighted by molar-refractivity contribution is 0.202. The molecule has 0 spiro atoms. The van der Waals surface area contributed by atoms with Gasteiger partial charge in [0.25, 0.3) is 0 Å². The second kappa shape index (κ2) is 15.8. The average Bonchev–Trinajstić information content (AvgIpc) is 2.67. The first kappa shape index (κ1) is 29.0. The van der Waals surface area contributed by atoms with Gasteiger partial charge in [0.15, 0.2) is 0 Å². The van der Waals surface area contributed by atoms with Gasteiger partial charge in [-0.05, 0) is 0 Å². The average molecular weight is 551 g/mol. The Balaban J connectivity index is 5.55. The summed E-state index contributed by atoms with van der Waals surface area (Å²) in [5.74, 6) is 0.261. The van der Waals surface area contributed by atoms with Crippen molar-refractivity contribution in [3.63, 3.8) is 0 Å². The highest BCUT2D eigenvalue weighted by Gasteiger charge is 2.45. The normalized spacial score (nSPS) is 13.3. The summed E-state index contributed by atoms with van der Waals surface area (Å²) in [6, 6.07) is 0. The maximum atomic E-state index is 13.1. The fraction of sp³-hybridized carbons (Fsp3) is 1.00. The summed E-state index contributed by atoms with van der Waals surface area (Å²) in [7, 11) is -7.33. The van der Waals surface area contributed by atoms with E-state index in [-0.39, 0.29) is 74.0 Å². The molecule has 0 bridgehead atoms. The van der Waals surface area contributed by atoms with Gasteiger partial charge >= 0.3 is 15.2 Å². The molecule has 0 rings (SSSR count). The molecule has 0 atom stereocenters. The highest BCUT2D eigenvalue weighted by molar-refractivity contribution is 7.55. The van der Waals surface area contributed by atoms with Gasteiger partial charge < -0.3 is 18.1 Å². The molecule has 0 fully saturated rings. The zero-order valence-corrected chi connectivity index (χ0v) is 20.9. The van der Waals surface area contributed by atoms with Crippen LogP contribution >= 0.6 is 84.8 Å². The molecule has 0 heterocycles. The Kier molecular flexibility index (Phi) is 17.0. The summed E-state index contributed by atoms with van der Waals surface area (Å²) in [6.45, 7) is -0.0360. The molecule has 0 aromatic rings. The van der Waals surface area contributed by atoms with Crippen molar-refractivity contribution in [3.05, 3.63) is 0 Å². The van der Waals surface area contributed by atoms with Crippen LogP contribution in [0.5, 0.6) is 0 Å². The van der Waals surface area contributed by atoms with Crippen molar-refractivity contribution in [2.75, 3.05) is 74.0 Å². The molecule has 14 heteroatoms. The van der Waals surface area contributed by atoms with E-state index in [4.69, 9.17) is 87.7 Å². The first-order valence-corrected chi connectivity index (χ1v) is 14.6. The molecule has 0 unspecified atom stereocenters. The Labute approximate surface area is 190 Å². The zero-order valence-electron chi connectivity index (χ0n) is 14.6. The number of rotatable bonds is 18. The SMILES string of the molecule is O=P(CC(CCl)(CCl)CP(=O)(OCCCl)OCCCl)(OCCCl)OCCCl. The molecule has 0 aromatic carbocycles. The minimum absolute atomic E-state index is 0.00900. The molecular weight excluding hydrogens is 527 g/mol. The molecule has 0 saturated carbocycles.